The summed E-state index contributed by atoms with van der Waals surface area (Å²) < 4.78 is 21.9. The lowest BCUT2D eigenvalue weighted by Crippen LogP contribution is -2.70. The van der Waals surface area contributed by atoms with Gasteiger partial charge in [0.05, 0.1) is 27.4 Å². The maximum Gasteiger partial charge on any atom is 0.370 e. The number of hydrogen-bond donors (Lipinski definition) is 0. The first-order valence-electron chi connectivity index (χ1n) is 10.4. The molecule has 0 aliphatic heterocycles. The standard InChI is InChI=1S/C24H32O6Si/c1-17(2)15-29-23(25)31(24(26)30-16-18(3)4,21-11-7-19(27-5)8-12-21)22-13-9-20(28-6)10-14-22/h7-14,17-18H,15-16H2,1-6H3. The molecule has 2 aromatic rings. The molecule has 2 rings (SSSR count). The number of ether oxygens (including phenoxy) is 4. The number of benzene rings is 2. The van der Waals surface area contributed by atoms with Crippen LogP contribution in [0.2, 0.25) is 0 Å². The Hall–Kier alpha value is -2.80. The van der Waals surface area contributed by atoms with E-state index in [0.717, 1.165) is 0 Å². The Labute approximate surface area is 185 Å². The minimum Gasteiger partial charge on any atom is -0.497 e. The molecule has 168 valence electrons. The first kappa shape index (κ1) is 24.5. The van der Waals surface area contributed by atoms with Crippen molar-refractivity contribution in [2.24, 2.45) is 11.8 Å². The van der Waals surface area contributed by atoms with Gasteiger partial charge in [-0.1, -0.05) is 52.0 Å². The molecule has 0 aromatic heterocycles. The maximum absolute atomic E-state index is 13.6. The summed E-state index contributed by atoms with van der Waals surface area (Å²) in [7, 11) is -0.660. The average Bonchev–Trinajstić information content (AvgIpc) is 2.77. The second-order valence-electron chi connectivity index (χ2n) is 8.19. The van der Waals surface area contributed by atoms with Gasteiger partial charge in [0.15, 0.2) is 0 Å². The fraction of sp³-hybridized carbons (Fsp3) is 0.417. The molecule has 2 aromatic carbocycles. The van der Waals surface area contributed by atoms with Gasteiger partial charge in [-0.3, -0.25) is 9.59 Å². The molecular formula is C24H32O6Si. The van der Waals surface area contributed by atoms with Crippen molar-refractivity contribution < 1.29 is 28.5 Å². The van der Waals surface area contributed by atoms with Crippen LogP contribution in [-0.4, -0.2) is 46.7 Å². The fourth-order valence-corrected chi connectivity index (χ4v) is 6.48. The third kappa shape index (κ3) is 5.67. The largest absolute Gasteiger partial charge is 0.497 e. The van der Waals surface area contributed by atoms with Gasteiger partial charge in [0.2, 0.25) is 0 Å². The fourth-order valence-electron chi connectivity index (χ4n) is 3.10. The summed E-state index contributed by atoms with van der Waals surface area (Å²) >= 11 is 0. The van der Waals surface area contributed by atoms with Crippen LogP contribution in [0.25, 0.3) is 0 Å². The predicted molar refractivity (Wildman–Crippen MR) is 123 cm³/mol. The molecule has 0 aliphatic rings. The molecule has 0 saturated heterocycles. The van der Waals surface area contributed by atoms with Crippen molar-refractivity contribution in [2.75, 3.05) is 27.4 Å². The highest BCUT2D eigenvalue weighted by atomic mass is 28.3. The Kier molecular flexibility index (Phi) is 8.68. The molecule has 0 radical (unpaired) electrons. The van der Waals surface area contributed by atoms with Gasteiger partial charge >= 0.3 is 8.07 Å². The van der Waals surface area contributed by atoms with Gasteiger partial charge < -0.3 is 18.9 Å². The van der Waals surface area contributed by atoms with Crippen molar-refractivity contribution in [3.05, 3.63) is 48.5 Å². The van der Waals surface area contributed by atoms with E-state index in [1.165, 1.54) is 0 Å². The SMILES string of the molecule is COc1ccc([Si](C(=O)OCC(C)C)(C(=O)OCC(C)C)c2ccc(OC)cc2)cc1. The number of rotatable bonds is 10. The van der Waals surface area contributed by atoms with Gasteiger partial charge in [-0.25, -0.2) is 0 Å². The lowest BCUT2D eigenvalue weighted by Gasteiger charge is -2.28. The van der Waals surface area contributed by atoms with E-state index in [0.29, 0.717) is 21.9 Å². The van der Waals surface area contributed by atoms with Crippen LogP contribution in [0.3, 0.4) is 0 Å². The quantitative estimate of drug-likeness (QED) is 0.516. The highest BCUT2D eigenvalue weighted by Crippen LogP contribution is 2.19. The molecule has 7 heteroatoms. The minimum atomic E-state index is -3.79. The van der Waals surface area contributed by atoms with E-state index in [1.807, 2.05) is 27.7 Å². The summed E-state index contributed by atoms with van der Waals surface area (Å²) in [5.74, 6) is 1.53. The van der Waals surface area contributed by atoms with Gasteiger partial charge in [-0.05, 0) is 46.5 Å². The van der Waals surface area contributed by atoms with E-state index in [2.05, 4.69) is 0 Å². The molecular weight excluding hydrogens is 412 g/mol. The zero-order valence-electron chi connectivity index (χ0n) is 19.1. The van der Waals surface area contributed by atoms with Crippen LogP contribution in [0, 0.1) is 11.8 Å². The van der Waals surface area contributed by atoms with Crippen molar-refractivity contribution in [1.29, 1.82) is 0 Å². The molecule has 31 heavy (non-hydrogen) atoms. The number of carbonyl (C=O) groups excluding carboxylic acids is 2. The first-order chi connectivity index (χ1) is 14.7. The molecule has 6 nitrogen and oxygen atoms in total. The molecule has 0 saturated carbocycles. The van der Waals surface area contributed by atoms with Crippen molar-refractivity contribution in [3.8, 4) is 11.5 Å². The summed E-state index contributed by atoms with van der Waals surface area (Å²) in [6.07, 6.45) is 0. The summed E-state index contributed by atoms with van der Waals surface area (Å²) in [6, 6.07) is 14.0. The zero-order valence-corrected chi connectivity index (χ0v) is 20.1. The molecule has 0 fully saturated rings. The smallest absolute Gasteiger partial charge is 0.370 e. The van der Waals surface area contributed by atoms with Gasteiger partial charge in [-0.2, -0.15) is 0 Å². The van der Waals surface area contributed by atoms with Crippen molar-refractivity contribution in [1.82, 2.24) is 0 Å². The summed E-state index contributed by atoms with van der Waals surface area (Å²) in [4.78, 5) is 27.3. The Morgan fingerprint density at radius 3 is 1.26 bits per heavy atom. The van der Waals surface area contributed by atoms with Crippen molar-refractivity contribution in [3.63, 3.8) is 0 Å². The molecule has 0 spiro atoms. The van der Waals surface area contributed by atoms with E-state index in [-0.39, 0.29) is 25.0 Å². The van der Waals surface area contributed by atoms with E-state index in [1.54, 1.807) is 62.8 Å². The van der Waals surface area contributed by atoms with Crippen LogP contribution in [0.4, 0.5) is 9.59 Å². The second kappa shape index (κ2) is 11.0. The number of carbonyl (C=O) groups is 2. The molecule has 0 aliphatic carbocycles. The highest BCUT2D eigenvalue weighted by Gasteiger charge is 2.57. The molecule has 0 heterocycles. The summed E-state index contributed by atoms with van der Waals surface area (Å²) in [6.45, 7) is 8.25. The van der Waals surface area contributed by atoms with Gasteiger partial charge in [0, 0.05) is 0 Å². The Morgan fingerprint density at radius 1 is 0.677 bits per heavy atom. The Balaban J connectivity index is 2.70. The Bertz CT molecular complexity index is 785. The number of methoxy groups -OCH3 is 2. The first-order valence-corrected chi connectivity index (χ1v) is 12.4. The van der Waals surface area contributed by atoms with Gasteiger partial charge in [0.1, 0.15) is 11.5 Å². The monoisotopic (exact) mass is 444 g/mol. The number of hydrogen-bond acceptors (Lipinski definition) is 6. The third-order valence-corrected chi connectivity index (χ3v) is 8.67. The summed E-state index contributed by atoms with van der Waals surface area (Å²) in [5, 5.41) is 1.17. The normalized spacial score (nSPS) is 11.4. The molecule has 0 amide bonds. The topological polar surface area (TPSA) is 71.1 Å². The highest BCUT2D eigenvalue weighted by molar-refractivity contribution is 7.37. The molecule has 0 bridgehead atoms. The molecule has 0 unspecified atom stereocenters. The van der Waals surface area contributed by atoms with Crippen LogP contribution in [-0.2, 0) is 9.47 Å². The van der Waals surface area contributed by atoms with Crippen LogP contribution < -0.4 is 19.8 Å². The van der Waals surface area contributed by atoms with Gasteiger partial charge in [0.25, 0.3) is 11.2 Å². The van der Waals surface area contributed by atoms with Gasteiger partial charge in [-0.15, -0.1) is 0 Å². The molecule has 0 atom stereocenters. The zero-order chi connectivity index (χ0) is 23.0. The molecule has 0 N–H and O–H groups in total. The van der Waals surface area contributed by atoms with Crippen LogP contribution in [0.1, 0.15) is 27.7 Å². The van der Waals surface area contributed by atoms with E-state index in [4.69, 9.17) is 18.9 Å². The lowest BCUT2D eigenvalue weighted by atomic mass is 10.2. The van der Waals surface area contributed by atoms with Crippen molar-refractivity contribution >= 4 is 29.6 Å². The lowest BCUT2D eigenvalue weighted by molar-refractivity contribution is 0.147. The Morgan fingerprint density at radius 2 is 1.00 bits per heavy atom. The second-order valence-corrected chi connectivity index (χ2v) is 11.7. The van der Waals surface area contributed by atoms with Crippen LogP contribution >= 0.6 is 0 Å². The van der Waals surface area contributed by atoms with E-state index < -0.39 is 19.3 Å². The third-order valence-electron chi connectivity index (χ3n) is 4.75. The minimum absolute atomic E-state index is 0.133. The predicted octanol–water partition coefficient (Wildman–Crippen LogP) is 4.02. The van der Waals surface area contributed by atoms with Crippen LogP contribution in [0.15, 0.2) is 48.5 Å². The maximum atomic E-state index is 13.6. The van der Waals surface area contributed by atoms with E-state index >= 15 is 0 Å². The summed E-state index contributed by atoms with van der Waals surface area (Å²) in [5.41, 5.74) is -1.07. The van der Waals surface area contributed by atoms with Crippen LogP contribution in [0.5, 0.6) is 11.5 Å². The average molecular weight is 445 g/mol. The van der Waals surface area contributed by atoms with Crippen molar-refractivity contribution in [2.45, 2.75) is 27.7 Å². The van der Waals surface area contributed by atoms with E-state index in [9.17, 15) is 9.59 Å².